The van der Waals surface area contributed by atoms with Crippen LogP contribution in [0.3, 0.4) is 0 Å². The van der Waals surface area contributed by atoms with E-state index in [1.165, 1.54) is 0 Å². The van der Waals surface area contributed by atoms with Crippen LogP contribution in [0.25, 0.3) is 5.52 Å². The van der Waals surface area contributed by atoms with Gasteiger partial charge < -0.3 is 15.1 Å². The van der Waals surface area contributed by atoms with Gasteiger partial charge in [-0.2, -0.15) is 0 Å². The van der Waals surface area contributed by atoms with Crippen LogP contribution in [0.1, 0.15) is 47.8 Å². The van der Waals surface area contributed by atoms with E-state index < -0.39 is 0 Å². The van der Waals surface area contributed by atoms with Crippen LogP contribution in [0, 0.1) is 0 Å². The van der Waals surface area contributed by atoms with E-state index in [9.17, 15) is 9.59 Å². The quantitative estimate of drug-likeness (QED) is 0.798. The van der Waals surface area contributed by atoms with Crippen LogP contribution in [-0.4, -0.2) is 70.3 Å². The summed E-state index contributed by atoms with van der Waals surface area (Å²) in [7, 11) is 0. The molecule has 1 aliphatic heterocycles. The molecule has 140 valence electrons. The molecule has 3 rings (SSSR count). The molecule has 0 saturated carbocycles. The van der Waals surface area contributed by atoms with Gasteiger partial charge in [-0.05, 0) is 25.1 Å². The number of carbonyl (C=O) groups excluding carboxylic acids is 2. The van der Waals surface area contributed by atoms with Crippen LogP contribution >= 0.6 is 0 Å². The van der Waals surface area contributed by atoms with Crippen molar-refractivity contribution in [2.45, 2.75) is 26.7 Å². The third-order valence-corrected chi connectivity index (χ3v) is 4.88. The van der Waals surface area contributed by atoms with Gasteiger partial charge in [-0.3, -0.25) is 14.0 Å². The molecule has 2 aromatic rings. The summed E-state index contributed by atoms with van der Waals surface area (Å²) >= 11 is 0. The molecule has 0 radical (unpaired) electrons. The van der Waals surface area contributed by atoms with Crippen molar-refractivity contribution >= 4 is 17.3 Å². The van der Waals surface area contributed by atoms with Gasteiger partial charge in [0.05, 0.1) is 5.52 Å². The fraction of sp³-hybridized carbons (Fsp3) is 0.526. The second-order valence-electron chi connectivity index (χ2n) is 6.58. The maximum absolute atomic E-state index is 13.0. The lowest BCUT2D eigenvalue weighted by molar-refractivity contribution is 0.0640. The molecular formula is C19H27N5O2. The monoisotopic (exact) mass is 357 g/mol. The van der Waals surface area contributed by atoms with Crippen LogP contribution in [-0.2, 0) is 0 Å². The van der Waals surface area contributed by atoms with Crippen LogP contribution in [0.4, 0.5) is 0 Å². The number of piperazine rings is 1. The number of carbonyl (C=O) groups is 2. The fourth-order valence-corrected chi connectivity index (χ4v) is 3.23. The van der Waals surface area contributed by atoms with Gasteiger partial charge in [-0.25, -0.2) is 4.98 Å². The largest absolute Gasteiger partial charge is 0.349 e. The van der Waals surface area contributed by atoms with E-state index in [-0.39, 0.29) is 17.6 Å². The number of rotatable bonds is 6. The maximum atomic E-state index is 13.0. The molecule has 3 heterocycles. The number of unbranched alkanes of at least 4 members (excludes halogenated alkanes) is 1. The van der Waals surface area contributed by atoms with E-state index in [0.29, 0.717) is 30.8 Å². The number of pyridine rings is 1. The van der Waals surface area contributed by atoms with E-state index in [1.807, 2.05) is 23.1 Å². The first-order valence-electron chi connectivity index (χ1n) is 9.42. The second-order valence-corrected chi connectivity index (χ2v) is 6.58. The molecule has 1 N–H and O–H groups in total. The Morgan fingerprint density at radius 1 is 1.15 bits per heavy atom. The lowest BCUT2D eigenvalue weighted by Crippen LogP contribution is -2.48. The molecule has 1 aliphatic rings. The smallest absolute Gasteiger partial charge is 0.287 e. The molecule has 26 heavy (non-hydrogen) atoms. The van der Waals surface area contributed by atoms with Crippen molar-refractivity contribution in [2.75, 3.05) is 39.3 Å². The minimum atomic E-state index is -0.241. The molecule has 1 saturated heterocycles. The van der Waals surface area contributed by atoms with Crippen molar-refractivity contribution < 1.29 is 9.59 Å². The molecule has 0 atom stereocenters. The van der Waals surface area contributed by atoms with Crippen LogP contribution < -0.4 is 5.32 Å². The minimum absolute atomic E-state index is 0.0999. The SMILES string of the molecule is CCCCNC(=O)c1nc(C(=O)N2CCN(CC)CC2)c2ccccn12. The Bertz CT molecular complexity index is 777. The van der Waals surface area contributed by atoms with Gasteiger partial charge >= 0.3 is 0 Å². The van der Waals surface area contributed by atoms with E-state index in [0.717, 1.165) is 32.5 Å². The Hall–Kier alpha value is -2.41. The van der Waals surface area contributed by atoms with Gasteiger partial charge in [0.15, 0.2) is 5.69 Å². The number of nitrogens with zero attached hydrogens (tertiary/aromatic N) is 4. The Kier molecular flexibility index (Phi) is 5.88. The molecule has 0 spiro atoms. The third-order valence-electron chi connectivity index (χ3n) is 4.88. The maximum Gasteiger partial charge on any atom is 0.287 e. The molecule has 2 amide bonds. The van der Waals surface area contributed by atoms with Crippen molar-refractivity contribution in [3.63, 3.8) is 0 Å². The van der Waals surface area contributed by atoms with Crippen LogP contribution in [0.2, 0.25) is 0 Å². The Balaban J connectivity index is 1.84. The summed E-state index contributed by atoms with van der Waals surface area (Å²) in [5.41, 5.74) is 1.03. The van der Waals surface area contributed by atoms with E-state index in [2.05, 4.69) is 29.0 Å². The first-order valence-corrected chi connectivity index (χ1v) is 9.42. The lowest BCUT2D eigenvalue weighted by atomic mass is 10.2. The Labute approximate surface area is 154 Å². The highest BCUT2D eigenvalue weighted by atomic mass is 16.2. The topological polar surface area (TPSA) is 70.0 Å². The zero-order valence-electron chi connectivity index (χ0n) is 15.6. The first-order chi connectivity index (χ1) is 12.7. The highest BCUT2D eigenvalue weighted by molar-refractivity contribution is 6.02. The summed E-state index contributed by atoms with van der Waals surface area (Å²) < 4.78 is 1.71. The molecule has 0 aromatic carbocycles. The first kappa shape index (κ1) is 18.4. The van der Waals surface area contributed by atoms with Crippen molar-refractivity contribution in [2.24, 2.45) is 0 Å². The van der Waals surface area contributed by atoms with Crippen molar-refractivity contribution in [1.29, 1.82) is 0 Å². The number of likely N-dealkylation sites (N-methyl/N-ethyl adjacent to an activating group) is 1. The second kappa shape index (κ2) is 8.31. The third kappa shape index (κ3) is 3.72. The molecular weight excluding hydrogens is 330 g/mol. The van der Waals surface area contributed by atoms with Crippen molar-refractivity contribution in [3.05, 3.63) is 35.9 Å². The average molecular weight is 357 g/mol. The number of hydrogen-bond donors (Lipinski definition) is 1. The number of nitrogens with one attached hydrogen (secondary N) is 1. The summed E-state index contributed by atoms with van der Waals surface area (Å²) in [4.78, 5) is 34.1. The van der Waals surface area contributed by atoms with E-state index in [1.54, 1.807) is 10.6 Å². The highest BCUT2D eigenvalue weighted by Gasteiger charge is 2.27. The lowest BCUT2D eigenvalue weighted by Gasteiger charge is -2.33. The van der Waals surface area contributed by atoms with Crippen molar-refractivity contribution in [3.8, 4) is 0 Å². The standard InChI is InChI=1S/C19H27N5O2/c1-3-5-9-20-18(25)17-21-16(15-8-6-7-10-24(15)17)19(26)23-13-11-22(4-2)12-14-23/h6-8,10H,3-5,9,11-14H2,1-2H3,(H,20,25). The molecule has 0 unspecified atom stereocenters. The van der Waals surface area contributed by atoms with E-state index >= 15 is 0 Å². The fourth-order valence-electron chi connectivity index (χ4n) is 3.23. The molecule has 2 aromatic heterocycles. The predicted molar refractivity (Wildman–Crippen MR) is 100 cm³/mol. The Morgan fingerprint density at radius 3 is 2.62 bits per heavy atom. The van der Waals surface area contributed by atoms with Gasteiger partial charge in [-0.15, -0.1) is 0 Å². The van der Waals surface area contributed by atoms with Crippen LogP contribution in [0.5, 0.6) is 0 Å². The number of fused-ring (bicyclic) bond motifs is 1. The van der Waals surface area contributed by atoms with Gasteiger partial charge in [0.25, 0.3) is 11.8 Å². The molecule has 1 fully saturated rings. The molecule has 7 heteroatoms. The summed E-state index contributed by atoms with van der Waals surface area (Å²) in [5, 5.41) is 2.88. The summed E-state index contributed by atoms with van der Waals surface area (Å²) in [5.74, 6) is -0.0705. The summed E-state index contributed by atoms with van der Waals surface area (Å²) in [6, 6.07) is 5.54. The zero-order chi connectivity index (χ0) is 18.5. The normalized spacial score (nSPS) is 15.4. The number of amides is 2. The van der Waals surface area contributed by atoms with Gasteiger partial charge in [-0.1, -0.05) is 26.3 Å². The molecule has 0 aliphatic carbocycles. The molecule has 7 nitrogen and oxygen atoms in total. The molecule has 0 bridgehead atoms. The van der Waals surface area contributed by atoms with E-state index in [4.69, 9.17) is 0 Å². The average Bonchev–Trinajstić information content (AvgIpc) is 3.07. The summed E-state index contributed by atoms with van der Waals surface area (Å²) in [6.45, 7) is 8.94. The number of hydrogen-bond acceptors (Lipinski definition) is 4. The van der Waals surface area contributed by atoms with Crippen LogP contribution in [0.15, 0.2) is 24.4 Å². The van der Waals surface area contributed by atoms with Crippen molar-refractivity contribution in [1.82, 2.24) is 24.5 Å². The minimum Gasteiger partial charge on any atom is -0.349 e. The van der Waals surface area contributed by atoms with Gasteiger partial charge in [0.2, 0.25) is 5.82 Å². The van der Waals surface area contributed by atoms with Gasteiger partial charge in [0.1, 0.15) is 0 Å². The number of aromatic nitrogens is 2. The Morgan fingerprint density at radius 2 is 1.92 bits per heavy atom. The highest BCUT2D eigenvalue weighted by Crippen LogP contribution is 2.16. The number of imidazole rings is 1. The van der Waals surface area contributed by atoms with Gasteiger partial charge in [0, 0.05) is 38.9 Å². The summed E-state index contributed by atoms with van der Waals surface area (Å²) in [6.07, 6.45) is 3.71. The predicted octanol–water partition coefficient (Wildman–Crippen LogP) is 1.64. The zero-order valence-corrected chi connectivity index (χ0v) is 15.6.